The Balaban J connectivity index is 0.00000242. The zero-order chi connectivity index (χ0) is 15.6. The Morgan fingerprint density at radius 3 is 2.59 bits per heavy atom. The van der Waals surface area contributed by atoms with Crippen molar-refractivity contribution in [2.75, 3.05) is 5.32 Å². The van der Waals surface area contributed by atoms with Crippen molar-refractivity contribution in [3.8, 4) is 0 Å². The molecule has 4 N–H and O–H groups in total. The van der Waals surface area contributed by atoms with E-state index in [1.165, 1.54) is 12.3 Å². The topological polar surface area (TPSA) is 123 Å². The number of furan rings is 1. The van der Waals surface area contributed by atoms with Gasteiger partial charge in [0.25, 0.3) is 0 Å². The van der Waals surface area contributed by atoms with Crippen molar-refractivity contribution in [3.05, 3.63) is 46.9 Å². The molecule has 2 aromatic rings. The Labute approximate surface area is 141 Å². The van der Waals surface area contributed by atoms with E-state index in [0.29, 0.717) is 5.76 Å². The smallest absolute Gasteiger partial charge is 0.337 e. The van der Waals surface area contributed by atoms with Crippen molar-refractivity contribution in [1.29, 1.82) is 0 Å². The molecule has 2 rings (SSSR count). The molecule has 0 amide bonds. The summed E-state index contributed by atoms with van der Waals surface area (Å²) >= 11 is 5.84. The van der Waals surface area contributed by atoms with Gasteiger partial charge in [0.15, 0.2) is 0 Å². The minimum absolute atomic E-state index is 0. The summed E-state index contributed by atoms with van der Waals surface area (Å²) in [4.78, 5) is 10.8. The van der Waals surface area contributed by atoms with E-state index in [4.69, 9.17) is 26.3 Å². The summed E-state index contributed by atoms with van der Waals surface area (Å²) in [6, 6.07) is 5.51. The fraction of sp³-hybridized carbons (Fsp3) is 0.0833. The van der Waals surface area contributed by atoms with Crippen LogP contribution in [0.25, 0.3) is 0 Å². The van der Waals surface area contributed by atoms with E-state index in [1.807, 2.05) is 0 Å². The molecule has 0 aliphatic carbocycles. The average molecular weight is 390 g/mol. The van der Waals surface area contributed by atoms with E-state index in [2.05, 4.69) is 5.32 Å². The number of carboxylic acids is 1. The van der Waals surface area contributed by atoms with Gasteiger partial charge in [-0.2, -0.15) is 0 Å². The first kappa shape index (κ1) is 18.5. The number of nitrogens with one attached hydrogen (secondary N) is 1. The van der Waals surface area contributed by atoms with Crippen LogP contribution in [0.4, 0.5) is 5.69 Å². The van der Waals surface area contributed by atoms with Gasteiger partial charge < -0.3 is 14.8 Å². The molecule has 22 heavy (non-hydrogen) atoms. The van der Waals surface area contributed by atoms with Crippen LogP contribution in [0.2, 0.25) is 5.02 Å². The normalized spacial score (nSPS) is 10.8. The maximum atomic E-state index is 11.3. The van der Waals surface area contributed by atoms with Crippen molar-refractivity contribution < 1.29 is 39.5 Å². The minimum atomic E-state index is -4.11. The number of hydrogen-bond donors (Lipinski definition) is 3. The predicted octanol–water partition coefficient (Wildman–Crippen LogP) is 1.89. The minimum Gasteiger partial charge on any atom is -0.478 e. The summed E-state index contributed by atoms with van der Waals surface area (Å²) in [5.74, 6) is -0.725. The molecular formula is C12H11ClCoN2O5S. The van der Waals surface area contributed by atoms with Gasteiger partial charge in [-0.3, -0.25) is 0 Å². The van der Waals surface area contributed by atoms with Crippen LogP contribution in [0.1, 0.15) is 16.1 Å². The molecule has 121 valence electrons. The summed E-state index contributed by atoms with van der Waals surface area (Å²) in [7, 11) is -4.11. The summed E-state index contributed by atoms with van der Waals surface area (Å²) in [6.45, 7) is 0.221. The van der Waals surface area contributed by atoms with Gasteiger partial charge in [-0.1, -0.05) is 11.6 Å². The molecule has 0 saturated heterocycles. The third kappa shape index (κ3) is 4.24. The first-order valence-electron chi connectivity index (χ1n) is 5.65. The number of carbonyl (C=O) groups is 1. The molecule has 0 unspecified atom stereocenters. The second-order valence-corrected chi connectivity index (χ2v) is 6.05. The van der Waals surface area contributed by atoms with E-state index in [9.17, 15) is 13.2 Å². The number of primary sulfonamides is 1. The Kier molecular flexibility index (Phi) is 6.03. The first-order valence-corrected chi connectivity index (χ1v) is 7.57. The summed E-state index contributed by atoms with van der Waals surface area (Å²) in [6.07, 6.45) is 1.48. The Bertz CT molecular complexity index is 777. The molecule has 0 aliphatic rings. The van der Waals surface area contributed by atoms with Gasteiger partial charge in [0, 0.05) is 16.8 Å². The van der Waals surface area contributed by atoms with Gasteiger partial charge in [0.1, 0.15) is 10.7 Å². The van der Waals surface area contributed by atoms with Crippen LogP contribution in [-0.2, 0) is 33.3 Å². The van der Waals surface area contributed by atoms with Crippen molar-refractivity contribution >= 4 is 33.3 Å². The van der Waals surface area contributed by atoms with E-state index in [0.717, 1.165) is 6.07 Å². The molecule has 0 aliphatic heterocycles. The zero-order valence-electron chi connectivity index (χ0n) is 10.9. The second kappa shape index (κ2) is 7.16. The molecule has 0 spiro atoms. The van der Waals surface area contributed by atoms with Crippen LogP contribution in [0, 0.1) is 0 Å². The molecule has 0 saturated carbocycles. The fourth-order valence-electron chi connectivity index (χ4n) is 1.69. The van der Waals surface area contributed by atoms with E-state index in [-0.39, 0.29) is 39.6 Å². The fourth-order valence-corrected chi connectivity index (χ4v) is 2.79. The van der Waals surface area contributed by atoms with Crippen molar-refractivity contribution in [1.82, 2.24) is 0 Å². The maximum Gasteiger partial charge on any atom is 0.337 e. The van der Waals surface area contributed by atoms with Gasteiger partial charge in [0.2, 0.25) is 10.0 Å². The third-order valence-corrected chi connectivity index (χ3v) is 4.02. The molecule has 0 atom stereocenters. The number of rotatable bonds is 5. The first-order chi connectivity index (χ1) is 9.79. The second-order valence-electron chi connectivity index (χ2n) is 4.11. The van der Waals surface area contributed by atoms with Gasteiger partial charge in [0.05, 0.1) is 29.1 Å². The Morgan fingerprint density at radius 2 is 2.09 bits per heavy atom. The molecule has 0 fully saturated rings. The summed E-state index contributed by atoms with van der Waals surface area (Å²) in [5.41, 5.74) is -0.0914. The van der Waals surface area contributed by atoms with Crippen molar-refractivity contribution in [3.63, 3.8) is 0 Å². The SMILES string of the molecule is NS(=O)(=O)c1cc(C(=O)O)c(NCc2ccco2)cc1Cl.[Co]. The molecule has 7 nitrogen and oxygen atoms in total. The van der Waals surface area contributed by atoms with Gasteiger partial charge >= 0.3 is 5.97 Å². The Hall–Kier alpha value is -1.52. The largest absolute Gasteiger partial charge is 0.478 e. The molecular weight excluding hydrogens is 379 g/mol. The number of aromatic carboxylic acids is 1. The number of carboxylic acid groups (broad SMARTS) is 1. The van der Waals surface area contributed by atoms with Crippen molar-refractivity contribution in [2.24, 2.45) is 5.14 Å². The molecule has 10 heteroatoms. The number of sulfonamides is 1. The van der Waals surface area contributed by atoms with Crippen LogP contribution < -0.4 is 10.5 Å². The van der Waals surface area contributed by atoms with Crippen LogP contribution in [0.5, 0.6) is 0 Å². The number of anilines is 1. The van der Waals surface area contributed by atoms with E-state index < -0.39 is 20.9 Å². The Morgan fingerprint density at radius 1 is 1.41 bits per heavy atom. The molecule has 1 radical (unpaired) electrons. The monoisotopic (exact) mass is 389 g/mol. The number of nitrogens with two attached hydrogens (primary N) is 1. The van der Waals surface area contributed by atoms with Crippen LogP contribution >= 0.6 is 11.6 Å². The summed E-state index contributed by atoms with van der Waals surface area (Å²) in [5, 5.41) is 16.8. The predicted molar refractivity (Wildman–Crippen MR) is 75.8 cm³/mol. The standard InChI is InChI=1S/C12H11ClN2O5S.Co/c13-9-5-10(15-6-7-2-1-3-20-7)8(12(16)17)4-11(9)21(14,18)19;/h1-5,15H,6H2,(H,16,17)(H2,14,18,19);. The zero-order valence-corrected chi connectivity index (χ0v) is 13.5. The van der Waals surface area contributed by atoms with E-state index in [1.54, 1.807) is 12.1 Å². The average Bonchev–Trinajstić information content (AvgIpc) is 2.87. The van der Waals surface area contributed by atoms with Crippen LogP contribution in [0.15, 0.2) is 39.8 Å². The van der Waals surface area contributed by atoms with Crippen molar-refractivity contribution in [2.45, 2.75) is 11.4 Å². The quantitative estimate of drug-likeness (QED) is 0.717. The number of hydrogen-bond acceptors (Lipinski definition) is 5. The van der Waals surface area contributed by atoms with Crippen LogP contribution in [-0.4, -0.2) is 19.5 Å². The number of benzene rings is 1. The van der Waals surface area contributed by atoms with E-state index >= 15 is 0 Å². The van der Waals surface area contributed by atoms with Crippen LogP contribution in [0.3, 0.4) is 0 Å². The molecule has 1 aromatic heterocycles. The van der Waals surface area contributed by atoms with Gasteiger partial charge in [-0.05, 0) is 24.3 Å². The third-order valence-electron chi connectivity index (χ3n) is 2.64. The summed E-state index contributed by atoms with van der Waals surface area (Å²) < 4.78 is 27.8. The van der Waals surface area contributed by atoms with Gasteiger partial charge in [-0.15, -0.1) is 0 Å². The van der Waals surface area contributed by atoms with Gasteiger partial charge in [-0.25, -0.2) is 18.4 Å². The molecule has 0 bridgehead atoms. The molecule has 1 aromatic carbocycles. The molecule has 1 heterocycles. The number of halogens is 1. The maximum absolute atomic E-state index is 11.3.